The lowest BCUT2D eigenvalue weighted by molar-refractivity contribution is -0.116. The fourth-order valence-electron chi connectivity index (χ4n) is 3.63. The maximum atomic E-state index is 13.2. The molecule has 2 aromatic carbocycles. The molecule has 0 saturated carbocycles. The Morgan fingerprint density at radius 2 is 1.82 bits per heavy atom. The molecule has 1 atom stereocenters. The summed E-state index contributed by atoms with van der Waals surface area (Å²) in [7, 11) is 0. The average molecular weight is 377 g/mol. The van der Waals surface area contributed by atoms with Gasteiger partial charge in [-0.3, -0.25) is 9.59 Å². The lowest BCUT2D eigenvalue weighted by Crippen LogP contribution is -2.28. The van der Waals surface area contributed by atoms with Crippen LogP contribution in [0.5, 0.6) is 0 Å². The van der Waals surface area contributed by atoms with E-state index in [4.69, 9.17) is 0 Å². The number of nitrogens with one attached hydrogen (secondary N) is 1. The Kier molecular flexibility index (Phi) is 4.34. The highest BCUT2D eigenvalue weighted by Gasteiger charge is 2.36. The van der Waals surface area contributed by atoms with E-state index < -0.39 is 11.7 Å². The second-order valence-electron chi connectivity index (χ2n) is 7.20. The largest absolute Gasteiger partial charge is 0.310 e. The van der Waals surface area contributed by atoms with Crippen molar-refractivity contribution in [1.82, 2.24) is 9.78 Å². The summed E-state index contributed by atoms with van der Waals surface area (Å²) in [6, 6.07) is 11.3. The van der Waals surface area contributed by atoms with E-state index in [2.05, 4.69) is 10.4 Å². The van der Waals surface area contributed by atoms with E-state index in [9.17, 15) is 14.0 Å². The van der Waals surface area contributed by atoms with Gasteiger partial charge >= 0.3 is 0 Å². The first-order chi connectivity index (χ1) is 13.3. The predicted molar refractivity (Wildman–Crippen MR) is 104 cm³/mol. The molecule has 0 bridgehead atoms. The highest BCUT2D eigenvalue weighted by atomic mass is 19.1. The van der Waals surface area contributed by atoms with E-state index in [1.54, 1.807) is 4.68 Å². The Balaban J connectivity index is 1.82. The number of benzene rings is 2. The Morgan fingerprint density at radius 3 is 2.50 bits per heavy atom. The zero-order valence-electron chi connectivity index (χ0n) is 15.9. The Morgan fingerprint density at radius 1 is 1.11 bits per heavy atom. The van der Waals surface area contributed by atoms with Crippen LogP contribution in [0.25, 0.3) is 5.69 Å². The first-order valence-corrected chi connectivity index (χ1v) is 9.12. The third-order valence-electron chi connectivity index (χ3n) is 5.28. The summed E-state index contributed by atoms with van der Waals surface area (Å²) in [5.41, 5.74) is 4.88. The molecular formula is C22H20FN3O2. The van der Waals surface area contributed by atoms with Crippen LogP contribution in [0.4, 0.5) is 10.2 Å². The molecule has 0 saturated heterocycles. The summed E-state index contributed by atoms with van der Waals surface area (Å²) in [5, 5.41) is 7.47. The summed E-state index contributed by atoms with van der Waals surface area (Å²) in [6.07, 6.45) is 0.0443. The molecule has 0 aliphatic carbocycles. The van der Waals surface area contributed by atoms with Crippen molar-refractivity contribution in [2.75, 3.05) is 5.32 Å². The van der Waals surface area contributed by atoms with Gasteiger partial charge in [-0.05, 0) is 68.3 Å². The zero-order chi connectivity index (χ0) is 20.0. The third kappa shape index (κ3) is 3.01. The molecule has 3 aromatic rings. The van der Waals surface area contributed by atoms with Gasteiger partial charge < -0.3 is 5.32 Å². The van der Waals surface area contributed by atoms with Gasteiger partial charge in [0.25, 0.3) is 0 Å². The number of Topliss-reactive ketones (excluding diaryl/α,β-unsaturated/α-hetero) is 1. The second-order valence-corrected chi connectivity index (χ2v) is 7.20. The fourth-order valence-corrected chi connectivity index (χ4v) is 3.63. The van der Waals surface area contributed by atoms with Crippen LogP contribution in [0.2, 0.25) is 0 Å². The van der Waals surface area contributed by atoms with Gasteiger partial charge in [0, 0.05) is 17.5 Å². The summed E-state index contributed by atoms with van der Waals surface area (Å²) in [5.74, 6) is -0.971. The van der Waals surface area contributed by atoms with Crippen molar-refractivity contribution in [3.63, 3.8) is 0 Å². The van der Waals surface area contributed by atoms with Crippen LogP contribution in [0.1, 0.15) is 45.1 Å². The average Bonchev–Trinajstić information content (AvgIpc) is 3.00. The molecule has 0 radical (unpaired) electrons. The molecule has 5 nitrogen and oxygen atoms in total. The highest BCUT2D eigenvalue weighted by Crippen LogP contribution is 2.38. The van der Waals surface area contributed by atoms with Crippen molar-refractivity contribution in [2.24, 2.45) is 0 Å². The Bertz CT molecular complexity index is 1100. The van der Waals surface area contributed by atoms with Gasteiger partial charge in [-0.25, -0.2) is 9.07 Å². The summed E-state index contributed by atoms with van der Waals surface area (Å²) in [4.78, 5) is 25.5. The minimum Gasteiger partial charge on any atom is -0.310 e. The van der Waals surface area contributed by atoms with Crippen molar-refractivity contribution < 1.29 is 14.0 Å². The van der Waals surface area contributed by atoms with Gasteiger partial charge in [0.2, 0.25) is 5.91 Å². The quantitative estimate of drug-likeness (QED) is 0.694. The summed E-state index contributed by atoms with van der Waals surface area (Å²) in [6.45, 7) is 5.88. The van der Waals surface area contributed by atoms with Crippen LogP contribution < -0.4 is 5.32 Å². The molecule has 1 aromatic heterocycles. The number of rotatable bonds is 3. The Hall–Kier alpha value is -3.28. The number of carbonyl (C=O) groups is 2. The molecule has 1 N–H and O–H groups in total. The molecule has 2 heterocycles. The van der Waals surface area contributed by atoms with Crippen LogP contribution >= 0.6 is 0 Å². The number of halogens is 1. The van der Waals surface area contributed by atoms with E-state index in [1.165, 1.54) is 24.3 Å². The van der Waals surface area contributed by atoms with Crippen LogP contribution in [-0.2, 0) is 4.79 Å². The Labute approximate surface area is 162 Å². The second kappa shape index (κ2) is 6.71. The maximum Gasteiger partial charge on any atom is 0.226 e. The molecule has 0 fully saturated rings. The number of aromatic nitrogens is 2. The third-order valence-corrected chi connectivity index (χ3v) is 5.28. The first kappa shape index (κ1) is 18.1. The van der Waals surface area contributed by atoms with Crippen LogP contribution in [-0.4, -0.2) is 21.5 Å². The monoisotopic (exact) mass is 377 g/mol. The number of aryl methyl sites for hydroxylation is 3. The SMILES string of the molecule is Cc1ccc(-n2nc(C)c3c2NC(=O)C[C@@H]3C(=O)c2ccc(F)cc2)cc1C. The van der Waals surface area contributed by atoms with E-state index in [0.717, 1.165) is 16.8 Å². The topological polar surface area (TPSA) is 64.0 Å². The normalized spacial score (nSPS) is 15.9. The lowest BCUT2D eigenvalue weighted by Gasteiger charge is -2.23. The standard InChI is InChI=1S/C22H20FN3O2/c1-12-4-9-17(10-13(12)2)26-22-20(14(3)25-26)18(11-19(27)24-22)21(28)15-5-7-16(23)8-6-15/h4-10,18H,11H2,1-3H3,(H,24,27)/t18-/m0/s1. The van der Waals surface area contributed by atoms with Gasteiger partial charge in [-0.2, -0.15) is 5.10 Å². The molecule has 1 aliphatic heterocycles. The smallest absolute Gasteiger partial charge is 0.226 e. The number of hydrogen-bond donors (Lipinski definition) is 1. The lowest BCUT2D eigenvalue weighted by atomic mass is 9.85. The molecule has 28 heavy (non-hydrogen) atoms. The summed E-state index contributed by atoms with van der Waals surface area (Å²) >= 11 is 0. The number of hydrogen-bond acceptors (Lipinski definition) is 3. The van der Waals surface area contributed by atoms with Crippen LogP contribution in [0.3, 0.4) is 0 Å². The molecule has 142 valence electrons. The van der Waals surface area contributed by atoms with Gasteiger partial charge in [-0.1, -0.05) is 6.07 Å². The number of ketones is 1. The number of carbonyl (C=O) groups excluding carboxylic acids is 2. The van der Waals surface area contributed by atoms with Crippen molar-refractivity contribution in [3.8, 4) is 5.69 Å². The first-order valence-electron chi connectivity index (χ1n) is 9.12. The number of fused-ring (bicyclic) bond motifs is 1. The van der Waals surface area contributed by atoms with E-state index in [1.807, 2.05) is 39.0 Å². The van der Waals surface area contributed by atoms with Crippen LogP contribution in [0, 0.1) is 26.6 Å². The maximum absolute atomic E-state index is 13.2. The minimum absolute atomic E-state index is 0.0443. The van der Waals surface area contributed by atoms with Crippen molar-refractivity contribution in [2.45, 2.75) is 33.1 Å². The molecule has 0 unspecified atom stereocenters. The van der Waals surface area contributed by atoms with Gasteiger partial charge in [0.05, 0.1) is 17.3 Å². The van der Waals surface area contributed by atoms with Gasteiger partial charge in [-0.15, -0.1) is 0 Å². The molecule has 6 heteroatoms. The van der Waals surface area contributed by atoms with Crippen molar-refractivity contribution in [1.29, 1.82) is 0 Å². The number of nitrogens with zero attached hydrogens (tertiary/aromatic N) is 2. The number of amides is 1. The minimum atomic E-state index is -0.644. The van der Waals surface area contributed by atoms with Gasteiger partial charge in [0.15, 0.2) is 5.78 Å². The summed E-state index contributed by atoms with van der Waals surface area (Å²) < 4.78 is 14.9. The zero-order valence-corrected chi connectivity index (χ0v) is 15.9. The molecule has 1 aliphatic rings. The van der Waals surface area contributed by atoms with Gasteiger partial charge in [0.1, 0.15) is 11.6 Å². The van der Waals surface area contributed by atoms with E-state index in [0.29, 0.717) is 22.6 Å². The highest BCUT2D eigenvalue weighted by molar-refractivity contribution is 6.08. The number of anilines is 1. The van der Waals surface area contributed by atoms with E-state index in [-0.39, 0.29) is 18.1 Å². The predicted octanol–water partition coefficient (Wildman–Crippen LogP) is 4.25. The van der Waals surface area contributed by atoms with Crippen molar-refractivity contribution >= 4 is 17.5 Å². The van der Waals surface area contributed by atoms with Crippen LogP contribution in [0.15, 0.2) is 42.5 Å². The molecule has 4 rings (SSSR count). The molecular weight excluding hydrogens is 357 g/mol. The molecule has 0 spiro atoms. The molecule has 1 amide bonds. The fraction of sp³-hybridized carbons (Fsp3) is 0.227. The van der Waals surface area contributed by atoms with Crippen molar-refractivity contribution in [3.05, 3.63) is 76.2 Å². The van der Waals surface area contributed by atoms with E-state index >= 15 is 0 Å².